The lowest BCUT2D eigenvalue weighted by Gasteiger charge is -2.09. The summed E-state index contributed by atoms with van der Waals surface area (Å²) in [5, 5.41) is 24.3. The Kier molecular flexibility index (Phi) is 4.36. The van der Waals surface area contributed by atoms with Gasteiger partial charge in [-0.25, -0.2) is 0 Å². The van der Waals surface area contributed by atoms with Crippen LogP contribution in [0.25, 0.3) is 28.3 Å². The Labute approximate surface area is 159 Å². The first kappa shape index (κ1) is 17.5. The van der Waals surface area contributed by atoms with Gasteiger partial charge < -0.3 is 14.6 Å². The van der Waals surface area contributed by atoms with Crippen LogP contribution in [-0.2, 0) is 0 Å². The van der Waals surface area contributed by atoms with E-state index < -0.39 is 5.56 Å². The molecular weight excluding hydrogens is 360 g/mol. The number of rotatable bonds is 4. The molecule has 0 saturated heterocycles. The molecule has 4 aromatic rings. The molecular formula is C20H16N4O4. The zero-order valence-electron chi connectivity index (χ0n) is 15.2. The van der Waals surface area contributed by atoms with Gasteiger partial charge in [0.2, 0.25) is 0 Å². The van der Waals surface area contributed by atoms with E-state index in [-0.39, 0.29) is 11.5 Å². The third kappa shape index (κ3) is 2.90. The second-order valence-electron chi connectivity index (χ2n) is 5.96. The van der Waals surface area contributed by atoms with Gasteiger partial charge in [0.1, 0.15) is 5.76 Å². The molecule has 0 fully saturated rings. The predicted octanol–water partition coefficient (Wildman–Crippen LogP) is 2.71. The number of aromatic nitrogens is 4. The first-order valence-electron chi connectivity index (χ1n) is 8.39. The lowest BCUT2D eigenvalue weighted by atomic mass is 10.1. The molecule has 28 heavy (non-hydrogen) atoms. The maximum absolute atomic E-state index is 12.8. The minimum absolute atomic E-state index is 0.0347. The van der Waals surface area contributed by atoms with Crippen molar-refractivity contribution in [2.45, 2.75) is 0 Å². The van der Waals surface area contributed by atoms with Crippen molar-refractivity contribution in [1.29, 1.82) is 0 Å². The van der Waals surface area contributed by atoms with Crippen molar-refractivity contribution >= 4 is 28.3 Å². The van der Waals surface area contributed by atoms with E-state index in [1.54, 1.807) is 24.4 Å². The average Bonchev–Trinajstić information content (AvgIpc) is 2.74. The van der Waals surface area contributed by atoms with Gasteiger partial charge >= 0.3 is 5.56 Å². The van der Waals surface area contributed by atoms with Crippen LogP contribution < -0.4 is 15.0 Å². The summed E-state index contributed by atoms with van der Waals surface area (Å²) >= 11 is 0. The van der Waals surface area contributed by atoms with Crippen molar-refractivity contribution in [3.05, 3.63) is 70.3 Å². The Morgan fingerprint density at radius 2 is 1.86 bits per heavy atom. The smallest absolute Gasteiger partial charge is 0.300 e. The van der Waals surface area contributed by atoms with Crippen LogP contribution in [-0.4, -0.2) is 39.1 Å². The quantitative estimate of drug-likeness (QED) is 0.432. The average molecular weight is 376 g/mol. The van der Waals surface area contributed by atoms with Gasteiger partial charge in [-0.15, -0.1) is 10.2 Å². The molecule has 0 spiro atoms. The van der Waals surface area contributed by atoms with Crippen LogP contribution in [0.4, 0.5) is 0 Å². The summed E-state index contributed by atoms with van der Waals surface area (Å²) in [5.41, 5.74) is 0.275. The molecule has 0 aliphatic heterocycles. The largest absolute Gasteiger partial charge is 0.507 e. The first-order chi connectivity index (χ1) is 13.6. The van der Waals surface area contributed by atoms with Gasteiger partial charge in [-0.3, -0.25) is 4.79 Å². The van der Waals surface area contributed by atoms with Crippen LogP contribution in [0.3, 0.4) is 0 Å². The Bertz CT molecular complexity index is 1280. The van der Waals surface area contributed by atoms with E-state index >= 15 is 0 Å². The summed E-state index contributed by atoms with van der Waals surface area (Å²) in [7, 11) is 3.02. The summed E-state index contributed by atoms with van der Waals surface area (Å²) in [6, 6.07) is 12.4. The topological polar surface area (TPSA) is 98.8 Å². The highest BCUT2D eigenvalue weighted by atomic mass is 16.5. The van der Waals surface area contributed by atoms with Crippen molar-refractivity contribution in [3.63, 3.8) is 0 Å². The Morgan fingerprint density at radius 1 is 1.07 bits per heavy atom. The molecule has 0 saturated carbocycles. The maximum Gasteiger partial charge on any atom is 0.300 e. The zero-order valence-corrected chi connectivity index (χ0v) is 15.2. The number of aliphatic hydroxyl groups excluding tert-OH is 1. The van der Waals surface area contributed by atoms with Crippen molar-refractivity contribution < 1.29 is 14.6 Å². The highest BCUT2D eigenvalue weighted by Crippen LogP contribution is 2.30. The third-order valence-electron chi connectivity index (χ3n) is 4.33. The van der Waals surface area contributed by atoms with Crippen LogP contribution in [0, 0.1) is 0 Å². The fourth-order valence-corrected chi connectivity index (χ4v) is 2.90. The van der Waals surface area contributed by atoms with Gasteiger partial charge in [-0.05, 0) is 18.2 Å². The number of nitrogens with zero attached hydrogens (tertiary/aromatic N) is 4. The molecule has 8 heteroatoms. The van der Waals surface area contributed by atoms with Crippen LogP contribution in [0.5, 0.6) is 11.5 Å². The van der Waals surface area contributed by atoms with E-state index in [4.69, 9.17) is 9.47 Å². The van der Waals surface area contributed by atoms with Crippen LogP contribution in [0.1, 0.15) is 11.3 Å². The molecule has 0 radical (unpaired) electrons. The van der Waals surface area contributed by atoms with Gasteiger partial charge in [-0.2, -0.15) is 9.61 Å². The molecule has 2 aromatic carbocycles. The van der Waals surface area contributed by atoms with Crippen molar-refractivity contribution in [2.24, 2.45) is 0 Å². The van der Waals surface area contributed by atoms with E-state index in [9.17, 15) is 9.90 Å². The number of benzene rings is 2. The second-order valence-corrected chi connectivity index (χ2v) is 5.96. The van der Waals surface area contributed by atoms with Gasteiger partial charge in [0.05, 0.1) is 20.4 Å². The number of methoxy groups -OCH3 is 2. The summed E-state index contributed by atoms with van der Waals surface area (Å²) < 4.78 is 11.6. The Morgan fingerprint density at radius 3 is 2.64 bits per heavy atom. The molecule has 140 valence electrons. The van der Waals surface area contributed by atoms with E-state index in [0.717, 1.165) is 10.8 Å². The van der Waals surface area contributed by atoms with Crippen molar-refractivity contribution in [1.82, 2.24) is 19.8 Å². The Hall–Kier alpha value is -3.94. The minimum Gasteiger partial charge on any atom is -0.507 e. The van der Waals surface area contributed by atoms with Crippen LogP contribution in [0.15, 0.2) is 53.5 Å². The number of hydrogen-bond acceptors (Lipinski definition) is 7. The fraction of sp³-hybridized carbons (Fsp3) is 0.100. The van der Waals surface area contributed by atoms with Crippen LogP contribution in [0.2, 0.25) is 0 Å². The highest BCUT2D eigenvalue weighted by Gasteiger charge is 2.12. The number of hydrogen-bond donors (Lipinski definition) is 1. The third-order valence-corrected chi connectivity index (χ3v) is 4.33. The number of ether oxygens (including phenoxy) is 2. The van der Waals surface area contributed by atoms with E-state index in [2.05, 4.69) is 15.3 Å². The number of fused-ring (bicyclic) bond motifs is 3. The molecule has 0 aliphatic carbocycles. The fourth-order valence-electron chi connectivity index (χ4n) is 2.90. The summed E-state index contributed by atoms with van der Waals surface area (Å²) in [5.74, 6) is 0.822. The maximum atomic E-state index is 12.8. The minimum atomic E-state index is -0.484. The van der Waals surface area contributed by atoms with Gasteiger partial charge in [0.25, 0.3) is 0 Å². The van der Waals surface area contributed by atoms with Gasteiger partial charge in [-0.1, -0.05) is 24.3 Å². The van der Waals surface area contributed by atoms with Crippen LogP contribution >= 0.6 is 0 Å². The summed E-state index contributed by atoms with van der Waals surface area (Å²) in [6.07, 6.45) is 2.84. The second kappa shape index (κ2) is 6.99. The number of aliphatic hydroxyl groups is 1. The van der Waals surface area contributed by atoms with E-state index in [1.807, 2.05) is 24.3 Å². The molecule has 2 aromatic heterocycles. The highest BCUT2D eigenvalue weighted by molar-refractivity contribution is 5.92. The normalized spacial score (nSPS) is 11.7. The van der Waals surface area contributed by atoms with Crippen molar-refractivity contribution in [2.75, 3.05) is 14.2 Å². The molecule has 4 rings (SSSR count). The van der Waals surface area contributed by atoms with Gasteiger partial charge in [0, 0.05) is 22.4 Å². The summed E-state index contributed by atoms with van der Waals surface area (Å²) in [6.45, 7) is 0. The van der Waals surface area contributed by atoms with Crippen molar-refractivity contribution in [3.8, 4) is 11.5 Å². The summed E-state index contributed by atoms with van der Waals surface area (Å²) in [4.78, 5) is 12.8. The van der Waals surface area contributed by atoms with E-state index in [0.29, 0.717) is 22.7 Å². The molecule has 0 amide bonds. The Balaban J connectivity index is 1.82. The standard InChI is InChI=1S/C20H16N4O4/c1-27-17-8-7-12(9-18(17)28-2)16(25)10-15-20(26)24-19(23-22-15)14-6-4-3-5-13(14)11-21-24/h3-11,25H,1-2H3/b16-10-. The molecule has 2 heterocycles. The van der Waals surface area contributed by atoms with Gasteiger partial charge in [0.15, 0.2) is 22.8 Å². The molecule has 0 atom stereocenters. The van der Waals surface area contributed by atoms with E-state index in [1.165, 1.54) is 24.8 Å². The molecule has 8 nitrogen and oxygen atoms in total. The lowest BCUT2D eigenvalue weighted by Crippen LogP contribution is -2.22. The predicted molar refractivity (Wildman–Crippen MR) is 105 cm³/mol. The molecule has 0 unspecified atom stereocenters. The first-order valence-corrected chi connectivity index (χ1v) is 8.39. The SMILES string of the molecule is COc1ccc(/C(O)=C/c2nnc3c4ccccc4cnn3c2=O)cc1OC. The molecule has 0 aliphatic rings. The molecule has 1 N–H and O–H groups in total. The monoisotopic (exact) mass is 376 g/mol. The zero-order chi connectivity index (χ0) is 19.7. The molecule has 0 bridgehead atoms. The lowest BCUT2D eigenvalue weighted by molar-refractivity contribution is 0.354.